The van der Waals surface area contributed by atoms with Gasteiger partial charge in [-0.2, -0.15) is 0 Å². The standard InChI is InChI=1S/C72H97N17O17/c1-39(2)30-52(65(99)87-55(33-45-19-23-48(90)24-20-45)66(100)82-50(27-28-59(93)94)64(98)89-60(40(3)4)70(104)80-42(6)62(96)83-51(71(105)106)18-13-29-77-72(74)75)85-68(102)56(34-46-21-25-49(91)26-22-46)88-69(103)57(35-47-36-76-38-79-47)81-58(92)37-78-63(97)53(31-43-14-9-7-10-15-43)86-67(101)54(84-61(95)41(5)73)32-44-16-11-8-12-17-44/h7-12,14-17,19-26,36,38-42,50-57,60,90-91H,13,18,27-35,37,73H2,1-6H3,(H,76,79)(H,78,97)(H,80,104)(H,81,92)(H,82,100)(H,83,96)(H,84,95)(H,85,102)(H,86,101)(H,87,99)(H,88,103)(H,89,98)(H,93,94)(H,105,106)(H4,74,75,77)/t41-,42-,50-,51-,52-,53-,54-,55-,56-,57-,60-/m0/s1/i13+1,18+1,29+1,51+1,71+1,72+1,74+1,75+1,77+1,83+1. The number of H-pyrrole nitrogens is 1. The number of aromatic hydroxyl groups is 2. The fourth-order valence-electron chi connectivity index (χ4n) is 10.8. The Balaban J connectivity index is 1.38. The number of hydrogen-bond acceptors (Lipinski definition) is 18. The van der Waals surface area contributed by atoms with Gasteiger partial charge in [0, 0.05) is 51.3 Å². The van der Waals surface area contributed by atoms with Crippen molar-refractivity contribution < 1.29 is 82.8 Å². The summed E-state index contributed by atoms with van der Waals surface area (Å²) in [6.45, 7) is 8.61. The summed E-state index contributed by atoms with van der Waals surface area (Å²) in [4.78, 5) is 187. The molecule has 11 amide bonds. The van der Waals surface area contributed by atoms with Crippen molar-refractivity contribution >= 4 is 82.9 Å². The largest absolute Gasteiger partial charge is 0.508 e. The number of amides is 11. The molecule has 0 aliphatic carbocycles. The van der Waals surface area contributed by atoms with Crippen LogP contribution >= 0.6 is 0 Å². The van der Waals surface area contributed by atoms with Crippen LogP contribution in [-0.4, -0.2) is 193 Å². The van der Waals surface area contributed by atoms with Crippen molar-refractivity contribution in [3.05, 3.63) is 150 Å². The van der Waals surface area contributed by atoms with Gasteiger partial charge in [-0.05, 0) is 97.9 Å². The van der Waals surface area contributed by atoms with Crippen LogP contribution in [0.5, 0.6) is 11.5 Å². The second-order valence-corrected chi connectivity index (χ2v) is 26.3. The van der Waals surface area contributed by atoms with Crippen LogP contribution in [0.4, 0.5) is 0 Å². The van der Waals surface area contributed by atoms with E-state index in [0.717, 1.165) is 0 Å². The first-order chi connectivity index (χ1) is 50.2. The Bertz CT molecular complexity index is 3790. The third kappa shape index (κ3) is 29.8. The number of imidazole rings is 1. The van der Waals surface area contributed by atoms with E-state index in [2.05, 4.69) is 73.8 Å². The Morgan fingerprint density at radius 1 is 0.462 bits per heavy atom. The van der Waals surface area contributed by atoms with Crippen molar-refractivity contribution in [2.24, 2.45) is 23.3 Å². The number of aliphatic carboxylic acids is 2. The molecule has 0 saturated heterocycles. The van der Waals surface area contributed by atoms with Gasteiger partial charge in [0.2, 0.25) is 65.0 Å². The topological polar surface area (TPSA) is 552 Å². The first-order valence-electron chi connectivity index (χ1n) is 34.4. The molecule has 22 N–H and O–H groups in total. The maximum atomic E-state index is 14.9. The lowest BCUT2D eigenvalue weighted by atomic mass is 9.99. The van der Waals surface area contributed by atoms with Crippen molar-refractivity contribution in [1.29, 1.82) is 5.41 Å². The quantitative estimate of drug-likeness (QED) is 0.00700. The van der Waals surface area contributed by atoms with Gasteiger partial charge in [0.15, 0.2) is 5.96 Å². The number of carboxylic acids is 2. The summed E-state index contributed by atoms with van der Waals surface area (Å²) < 4.78 is 0. The summed E-state index contributed by atoms with van der Waals surface area (Å²) in [6.07, 6.45) is 0.553. The maximum absolute atomic E-state index is 14.9. The molecule has 11 atom stereocenters. The molecule has 106 heavy (non-hydrogen) atoms. The average molecular weight is 1480 g/mol. The molecule has 0 aliphatic heterocycles. The number of aromatic nitrogens is 2. The van der Waals surface area contributed by atoms with Crippen LogP contribution < -0.4 is 75.3 Å². The first-order valence-corrected chi connectivity index (χ1v) is 34.4. The summed E-state index contributed by atoms with van der Waals surface area (Å²) in [5.41, 5.74) is 13.5. The van der Waals surface area contributed by atoms with E-state index in [1.165, 1.54) is 88.8 Å². The molecule has 0 spiro atoms. The molecule has 572 valence electrons. The average Bonchev–Trinajstić information content (AvgIpc) is 0.975. The number of carbonyl (C=O) groups excluding carboxylic acids is 11. The van der Waals surface area contributed by atoms with Gasteiger partial charge in [-0.1, -0.05) is 113 Å². The van der Waals surface area contributed by atoms with Gasteiger partial charge in [-0.25, -0.2) is 9.78 Å². The lowest BCUT2D eigenvalue weighted by Gasteiger charge is -2.29. The fraction of sp³-hybridized carbons (Fsp3) is 0.431. The van der Waals surface area contributed by atoms with Crippen molar-refractivity contribution in [2.75, 3.05) is 13.1 Å². The molecule has 0 bridgehead atoms. The molecule has 0 aliphatic rings. The minimum Gasteiger partial charge on any atom is -0.508 e. The predicted octanol–water partition coefficient (Wildman–Crippen LogP) is -1.42. The van der Waals surface area contributed by atoms with Gasteiger partial charge in [0.1, 0.15) is 71.9 Å². The Morgan fingerprint density at radius 3 is 1.32 bits per heavy atom. The number of phenols is 2. The van der Waals surface area contributed by atoms with E-state index in [1.54, 1.807) is 74.5 Å². The van der Waals surface area contributed by atoms with Crippen LogP contribution in [0.3, 0.4) is 0 Å². The minimum atomic E-state index is -1.72. The molecule has 5 aromatic rings. The minimum absolute atomic E-state index is 0.0302. The van der Waals surface area contributed by atoms with Crippen molar-refractivity contribution in [3.8, 4) is 11.5 Å². The van der Waals surface area contributed by atoms with Gasteiger partial charge in [0.25, 0.3) is 0 Å². The fourth-order valence-corrected chi connectivity index (χ4v) is 10.8. The molecule has 0 fully saturated rings. The zero-order valence-corrected chi connectivity index (χ0v) is 59.7. The number of carboxylic acid groups (broad SMARTS) is 2. The highest BCUT2D eigenvalue weighted by Crippen LogP contribution is 2.17. The van der Waals surface area contributed by atoms with Crippen LogP contribution in [0.2, 0.25) is 0 Å². The summed E-state index contributed by atoms with van der Waals surface area (Å²) in [7, 11) is 0. The lowest BCUT2D eigenvalue weighted by molar-refractivity contribution is -0.142. The molecule has 4 aromatic carbocycles. The van der Waals surface area contributed by atoms with E-state index in [1.807, 2.05) is 0 Å². The summed E-state index contributed by atoms with van der Waals surface area (Å²) in [6, 6.07) is 12.9. The molecule has 5 rings (SSSR count). The SMILES string of the molecule is CC(C)C[C@H](NC(=O)[C@H](Cc1ccc(O)cc1)NC(=O)[C@H](Cc1c[nH]cn1)NC(=O)CNC(=O)[C@H](Cc1ccccc1)NC(=O)[C@H](Cc1ccccc1)NC(=O)[C@H](C)N)C(=O)N[C@@H](Cc1ccc(O)cc1)C(=O)N[C@@H](CCC(=O)O)C(=O)N[C@H](C(=O)N[C@@H](C)C(=O)[15NH][13C@@H]([13CH2][13CH2][13CH2][15NH][13C](=[15NH])[15NH2])[13C](=O)O)C(C)C. The summed E-state index contributed by atoms with van der Waals surface area (Å²) in [5.74, 6) is -14.4. The van der Waals surface area contributed by atoms with Gasteiger partial charge in [0.05, 0.1) is 24.6 Å². The molecule has 1 heterocycles. The summed E-state index contributed by atoms with van der Waals surface area (Å²) >= 11 is 0. The van der Waals surface area contributed by atoms with Gasteiger partial charge >= 0.3 is 11.9 Å². The molecule has 0 radical (unpaired) electrons. The molecule has 34 nitrogen and oxygen atoms in total. The Labute approximate surface area is 612 Å². The van der Waals surface area contributed by atoms with Crippen LogP contribution in [-0.2, 0) is 94.4 Å². The highest BCUT2D eigenvalue weighted by Gasteiger charge is 2.37. The summed E-state index contributed by atoms with van der Waals surface area (Å²) in [5, 5.41) is 78.0. The Kier molecular flexibility index (Phi) is 34.0. The van der Waals surface area contributed by atoms with Gasteiger partial charge in [-0.3, -0.25) is 62.9 Å². The molecule has 1 aromatic heterocycles. The number of nitrogens with one attached hydrogen (secondary N) is 14. The molecular weight excluding hydrogens is 1380 g/mol. The molecular formula is C72H97N17O17. The number of benzene rings is 4. The highest BCUT2D eigenvalue weighted by atomic mass is 16.5. The smallest absolute Gasteiger partial charge is 0.326 e. The third-order valence-corrected chi connectivity index (χ3v) is 16.5. The van der Waals surface area contributed by atoms with Gasteiger partial charge < -0.3 is 101 Å². The zero-order chi connectivity index (χ0) is 78.2. The molecule has 0 saturated carbocycles. The highest BCUT2D eigenvalue weighted by molar-refractivity contribution is 5.99. The Morgan fingerprint density at radius 2 is 0.887 bits per heavy atom. The van der Waals surface area contributed by atoms with Crippen LogP contribution in [0.1, 0.15) is 102 Å². The monoisotopic (exact) mass is 1480 g/mol. The van der Waals surface area contributed by atoms with E-state index < -0.39 is 169 Å². The maximum Gasteiger partial charge on any atom is 0.326 e. The number of aromatic amines is 1. The number of rotatable bonds is 43. The zero-order valence-electron chi connectivity index (χ0n) is 59.7. The van der Waals surface area contributed by atoms with E-state index in [4.69, 9.17) is 16.9 Å². The number of hydrogen-bond donors (Lipinski definition) is 20. The van der Waals surface area contributed by atoms with Crippen LogP contribution in [0, 0.1) is 17.2 Å². The van der Waals surface area contributed by atoms with Crippen LogP contribution in [0.25, 0.3) is 0 Å². The number of nitrogens with two attached hydrogens (primary N) is 2. The number of nitrogens with zero attached hydrogens (tertiary/aromatic N) is 1. The number of carbonyl (C=O) groups is 13. The van der Waals surface area contributed by atoms with E-state index in [0.29, 0.717) is 22.3 Å². The van der Waals surface area contributed by atoms with Gasteiger partial charge in [-0.15, -0.1) is 0 Å². The second-order valence-electron chi connectivity index (χ2n) is 26.3. The molecule has 0 unspecified atom stereocenters. The lowest BCUT2D eigenvalue weighted by Crippen LogP contribution is -2.61. The number of phenolic OH excluding ortho intramolecular Hbond substituents is 2. The third-order valence-electron chi connectivity index (χ3n) is 16.5. The first kappa shape index (κ1) is 84.7. The Hall–Kier alpha value is -12.0. The van der Waals surface area contributed by atoms with Crippen molar-refractivity contribution in [3.63, 3.8) is 0 Å². The predicted molar refractivity (Wildman–Crippen MR) is 386 cm³/mol. The number of guanidine groups is 1. The normalized spacial score (nSPS) is 14.2. The van der Waals surface area contributed by atoms with Crippen molar-refractivity contribution in [2.45, 2.75) is 172 Å². The van der Waals surface area contributed by atoms with Crippen LogP contribution in [0.15, 0.2) is 122 Å². The van der Waals surface area contributed by atoms with E-state index in [9.17, 15) is 82.8 Å². The van der Waals surface area contributed by atoms with E-state index >= 15 is 0 Å². The molecule has 34 heteroatoms. The van der Waals surface area contributed by atoms with Crippen molar-refractivity contribution in [1.82, 2.24) is 73.8 Å². The second kappa shape index (κ2) is 42.6. The van der Waals surface area contributed by atoms with E-state index in [-0.39, 0.29) is 87.0 Å².